The van der Waals surface area contributed by atoms with Gasteiger partial charge in [-0.15, -0.1) is 17.1 Å². The molecular formula is C18H25ClO4Si. The lowest BCUT2D eigenvalue weighted by Crippen LogP contribution is -2.53. The first-order chi connectivity index (χ1) is 11.3. The zero-order chi connectivity index (χ0) is 17.3. The fourth-order valence-electron chi connectivity index (χ4n) is 3.37. The van der Waals surface area contributed by atoms with Gasteiger partial charge in [-0.25, -0.2) is 0 Å². The van der Waals surface area contributed by atoms with Crippen molar-refractivity contribution < 1.29 is 19.0 Å². The van der Waals surface area contributed by atoms with Crippen molar-refractivity contribution in [3.05, 3.63) is 12.2 Å². The van der Waals surface area contributed by atoms with Gasteiger partial charge in [0.25, 0.3) is 0 Å². The summed E-state index contributed by atoms with van der Waals surface area (Å²) in [4.78, 5) is 11.4. The van der Waals surface area contributed by atoms with E-state index in [2.05, 4.69) is 31.1 Å². The van der Waals surface area contributed by atoms with Gasteiger partial charge in [0.05, 0.1) is 30.1 Å². The highest BCUT2D eigenvalue weighted by Gasteiger charge is 2.49. The Bertz CT molecular complexity index is 574. The molecule has 0 bridgehead atoms. The predicted molar refractivity (Wildman–Crippen MR) is 95.6 cm³/mol. The van der Waals surface area contributed by atoms with E-state index < -0.39 is 8.07 Å². The van der Waals surface area contributed by atoms with E-state index in [4.69, 9.17) is 25.8 Å². The average molecular weight is 369 g/mol. The molecule has 0 aliphatic carbocycles. The highest BCUT2D eigenvalue weighted by atomic mass is 35.5. The van der Waals surface area contributed by atoms with Crippen molar-refractivity contribution in [2.24, 2.45) is 0 Å². The van der Waals surface area contributed by atoms with E-state index in [1.165, 1.54) is 0 Å². The molecule has 132 valence electrons. The Morgan fingerprint density at radius 3 is 2.67 bits per heavy atom. The van der Waals surface area contributed by atoms with Gasteiger partial charge in [0.2, 0.25) is 0 Å². The second-order valence-electron chi connectivity index (χ2n) is 7.80. The van der Waals surface area contributed by atoms with E-state index in [1.54, 1.807) is 0 Å². The molecule has 0 spiro atoms. The summed E-state index contributed by atoms with van der Waals surface area (Å²) >= 11 is 6.49. The van der Waals surface area contributed by atoms with E-state index in [9.17, 15) is 4.79 Å². The van der Waals surface area contributed by atoms with Gasteiger partial charge in [0, 0.05) is 6.42 Å². The van der Waals surface area contributed by atoms with Crippen molar-refractivity contribution in [1.82, 2.24) is 0 Å². The number of hydrogen-bond donors (Lipinski definition) is 0. The third-order valence-corrected chi connectivity index (χ3v) is 5.87. The third kappa shape index (κ3) is 4.43. The number of hydrogen-bond acceptors (Lipinski definition) is 4. The number of rotatable bonds is 2. The van der Waals surface area contributed by atoms with Gasteiger partial charge < -0.3 is 14.2 Å². The first-order valence-electron chi connectivity index (χ1n) is 8.64. The largest absolute Gasteiger partial charge is 0.459 e. The van der Waals surface area contributed by atoms with Crippen LogP contribution in [0.3, 0.4) is 0 Å². The van der Waals surface area contributed by atoms with Crippen molar-refractivity contribution >= 4 is 25.6 Å². The monoisotopic (exact) mass is 368 g/mol. The maximum atomic E-state index is 11.4. The van der Waals surface area contributed by atoms with Crippen LogP contribution in [-0.4, -0.2) is 49.9 Å². The molecule has 3 heterocycles. The lowest BCUT2D eigenvalue weighted by Gasteiger charge is -2.44. The Morgan fingerprint density at radius 2 is 1.92 bits per heavy atom. The van der Waals surface area contributed by atoms with Gasteiger partial charge in [0.15, 0.2) is 0 Å². The Hall–Kier alpha value is -0.803. The maximum Gasteiger partial charge on any atom is 0.308 e. The van der Waals surface area contributed by atoms with Gasteiger partial charge in [-0.05, 0) is 18.9 Å². The van der Waals surface area contributed by atoms with Gasteiger partial charge >= 0.3 is 5.97 Å². The Balaban J connectivity index is 1.55. The van der Waals surface area contributed by atoms with E-state index >= 15 is 0 Å². The molecule has 0 N–H and O–H groups in total. The lowest BCUT2D eigenvalue weighted by atomic mass is 9.90. The normalized spacial score (nSPS) is 38.9. The molecule has 6 heteroatoms. The van der Waals surface area contributed by atoms with Crippen LogP contribution >= 0.6 is 11.6 Å². The Kier molecular flexibility index (Phi) is 5.41. The number of halogens is 1. The molecule has 0 radical (unpaired) electrons. The number of alkyl halides is 1. The van der Waals surface area contributed by atoms with E-state index in [1.807, 2.05) is 12.2 Å². The number of carbonyl (C=O) groups excluding carboxylic acids is 1. The predicted octanol–water partition coefficient (Wildman–Crippen LogP) is 3.05. The minimum absolute atomic E-state index is 0.0323. The molecular weight excluding hydrogens is 344 g/mol. The SMILES string of the molecule is C[Si](C)(C)C#C/C=C/C[C@@H]1O[C@@H]2C[C@@H]3OC(=O)C[C@@H]3O[C@@H]2C[C@@H]1Cl. The van der Waals surface area contributed by atoms with Crippen LogP contribution < -0.4 is 0 Å². The zero-order valence-corrected chi connectivity index (χ0v) is 16.2. The number of fused-ring (bicyclic) bond motifs is 2. The highest BCUT2D eigenvalue weighted by molar-refractivity contribution is 6.83. The van der Waals surface area contributed by atoms with Crippen molar-refractivity contribution in [1.29, 1.82) is 0 Å². The maximum absolute atomic E-state index is 11.4. The van der Waals surface area contributed by atoms with E-state index in [0.717, 1.165) is 12.8 Å². The van der Waals surface area contributed by atoms with Crippen molar-refractivity contribution in [3.63, 3.8) is 0 Å². The van der Waals surface area contributed by atoms with Crippen molar-refractivity contribution in [2.75, 3.05) is 0 Å². The van der Waals surface area contributed by atoms with Crippen LogP contribution in [0.1, 0.15) is 25.7 Å². The summed E-state index contributed by atoms with van der Waals surface area (Å²) in [6, 6.07) is 0. The van der Waals surface area contributed by atoms with Crippen LogP contribution in [0, 0.1) is 11.5 Å². The molecule has 3 rings (SSSR count). The van der Waals surface area contributed by atoms with Crippen LogP contribution in [0.25, 0.3) is 0 Å². The number of ether oxygens (including phenoxy) is 3. The van der Waals surface area contributed by atoms with Gasteiger partial charge in [-0.3, -0.25) is 4.79 Å². The quantitative estimate of drug-likeness (QED) is 0.325. The summed E-state index contributed by atoms with van der Waals surface area (Å²) < 4.78 is 17.5. The summed E-state index contributed by atoms with van der Waals surface area (Å²) in [6.07, 6.45) is 6.09. The molecule has 0 saturated carbocycles. The van der Waals surface area contributed by atoms with Crippen molar-refractivity contribution in [2.45, 2.75) is 81.2 Å². The van der Waals surface area contributed by atoms with E-state index in [0.29, 0.717) is 12.8 Å². The minimum atomic E-state index is -1.33. The number of allylic oxidation sites excluding steroid dienone is 1. The smallest absolute Gasteiger partial charge is 0.308 e. The fraction of sp³-hybridized carbons (Fsp3) is 0.722. The summed E-state index contributed by atoms with van der Waals surface area (Å²) in [5.41, 5.74) is 3.31. The molecule has 0 aromatic heterocycles. The highest BCUT2D eigenvalue weighted by Crippen LogP contribution is 2.38. The summed E-state index contributed by atoms with van der Waals surface area (Å²) in [7, 11) is -1.33. The molecule has 0 aromatic rings. The molecule has 3 aliphatic rings. The molecule has 3 aliphatic heterocycles. The molecule has 24 heavy (non-hydrogen) atoms. The molecule has 4 nitrogen and oxygen atoms in total. The second-order valence-corrected chi connectivity index (χ2v) is 13.1. The van der Waals surface area contributed by atoms with Crippen LogP contribution in [0.2, 0.25) is 19.6 Å². The Labute approximate surface area is 149 Å². The van der Waals surface area contributed by atoms with Crippen molar-refractivity contribution in [3.8, 4) is 11.5 Å². The van der Waals surface area contributed by atoms with Crippen LogP contribution in [0.15, 0.2) is 12.2 Å². The molecule has 6 atom stereocenters. The molecule has 0 unspecified atom stereocenters. The average Bonchev–Trinajstić information content (AvgIpc) is 2.82. The van der Waals surface area contributed by atoms with Gasteiger partial charge in [-0.1, -0.05) is 31.6 Å². The number of esters is 1. The molecule has 3 saturated heterocycles. The molecule has 0 amide bonds. The summed E-state index contributed by atoms with van der Waals surface area (Å²) in [6.45, 7) is 6.66. The summed E-state index contributed by atoms with van der Waals surface area (Å²) in [5, 5.41) is -0.0876. The summed E-state index contributed by atoms with van der Waals surface area (Å²) in [5.74, 6) is 2.95. The zero-order valence-electron chi connectivity index (χ0n) is 14.5. The number of carbonyl (C=O) groups is 1. The molecule has 3 fully saturated rings. The first-order valence-corrected chi connectivity index (χ1v) is 12.6. The first kappa shape index (κ1) is 18.0. The van der Waals surface area contributed by atoms with Gasteiger partial charge in [0.1, 0.15) is 20.3 Å². The van der Waals surface area contributed by atoms with Crippen LogP contribution in [0.5, 0.6) is 0 Å². The molecule has 0 aromatic carbocycles. The topological polar surface area (TPSA) is 44.8 Å². The van der Waals surface area contributed by atoms with Crippen LogP contribution in [0.4, 0.5) is 0 Å². The third-order valence-electron chi connectivity index (χ3n) is 4.52. The van der Waals surface area contributed by atoms with Crippen LogP contribution in [-0.2, 0) is 19.0 Å². The lowest BCUT2D eigenvalue weighted by molar-refractivity contribution is -0.205. The standard InChI is InChI=1S/C18H25ClO4Si/c1-24(2,3)8-6-4-5-7-13-12(19)9-14-15(21-13)10-16-17(22-14)11-18(20)23-16/h4-5,12-17H,7,9-11H2,1-3H3/b5-4+/t12-,13-,14+,15+,16-,17-/m0/s1. The Morgan fingerprint density at radius 1 is 1.17 bits per heavy atom. The van der Waals surface area contributed by atoms with E-state index in [-0.39, 0.29) is 41.9 Å². The minimum Gasteiger partial charge on any atom is -0.459 e. The second kappa shape index (κ2) is 7.21. The van der Waals surface area contributed by atoms with Gasteiger partial charge in [-0.2, -0.15) is 0 Å². The fourth-order valence-corrected chi connectivity index (χ4v) is 4.23.